The fourth-order valence-corrected chi connectivity index (χ4v) is 2.39. The summed E-state index contributed by atoms with van der Waals surface area (Å²) in [6.45, 7) is 3.75. The molecule has 0 saturated heterocycles. The van der Waals surface area contributed by atoms with Gasteiger partial charge in [-0.2, -0.15) is 0 Å². The van der Waals surface area contributed by atoms with E-state index in [2.05, 4.69) is 5.32 Å². The van der Waals surface area contributed by atoms with Crippen molar-refractivity contribution in [2.24, 2.45) is 0 Å². The van der Waals surface area contributed by atoms with Crippen molar-refractivity contribution in [3.05, 3.63) is 65.2 Å². The van der Waals surface area contributed by atoms with Gasteiger partial charge in [-0.1, -0.05) is 36.4 Å². The summed E-state index contributed by atoms with van der Waals surface area (Å²) in [6, 6.07) is 14.6. The first-order chi connectivity index (χ1) is 10.5. The molecule has 4 heteroatoms. The van der Waals surface area contributed by atoms with Gasteiger partial charge in [-0.3, -0.25) is 4.79 Å². The van der Waals surface area contributed by atoms with Crippen LogP contribution in [0.15, 0.2) is 48.5 Å². The molecule has 0 fully saturated rings. The van der Waals surface area contributed by atoms with Gasteiger partial charge in [0, 0.05) is 17.3 Å². The molecule has 22 heavy (non-hydrogen) atoms. The molecule has 0 radical (unpaired) electrons. The van der Waals surface area contributed by atoms with Crippen LogP contribution < -0.4 is 11.1 Å². The first kappa shape index (κ1) is 16.0. The van der Waals surface area contributed by atoms with Crippen LogP contribution >= 0.6 is 0 Å². The molecule has 0 aliphatic rings. The first-order valence-corrected chi connectivity index (χ1v) is 7.37. The number of nitrogens with two attached hydrogens (primary N) is 1. The second-order valence-electron chi connectivity index (χ2n) is 5.61. The monoisotopic (exact) mass is 298 g/mol. The number of rotatable bonds is 5. The van der Waals surface area contributed by atoms with Gasteiger partial charge in [0.05, 0.1) is 6.10 Å². The topological polar surface area (TPSA) is 75.4 Å². The van der Waals surface area contributed by atoms with E-state index in [0.717, 1.165) is 11.1 Å². The molecule has 2 unspecified atom stereocenters. The quantitative estimate of drug-likeness (QED) is 0.743. The van der Waals surface area contributed by atoms with Crippen molar-refractivity contribution in [2.75, 3.05) is 5.73 Å². The Hall–Kier alpha value is -2.33. The maximum atomic E-state index is 12.3. The fourth-order valence-electron chi connectivity index (χ4n) is 2.39. The van der Waals surface area contributed by atoms with E-state index in [1.54, 1.807) is 12.1 Å². The molecular weight excluding hydrogens is 276 g/mol. The molecule has 2 aromatic carbocycles. The maximum Gasteiger partial charge on any atom is 0.251 e. The molecule has 1 amide bonds. The van der Waals surface area contributed by atoms with Crippen LogP contribution in [0, 0.1) is 6.92 Å². The number of aliphatic hydroxyl groups excluding tert-OH is 1. The zero-order valence-electron chi connectivity index (χ0n) is 12.9. The van der Waals surface area contributed by atoms with Gasteiger partial charge in [0.25, 0.3) is 5.91 Å². The summed E-state index contributed by atoms with van der Waals surface area (Å²) in [5.41, 5.74) is 8.59. The SMILES string of the molecule is Cc1ccc(N)cc1C(=O)NC(C)CC(O)c1ccccc1. The minimum Gasteiger partial charge on any atom is -0.399 e. The zero-order chi connectivity index (χ0) is 16.1. The lowest BCUT2D eigenvalue weighted by atomic mass is 10.0. The highest BCUT2D eigenvalue weighted by molar-refractivity contribution is 5.96. The predicted molar refractivity (Wildman–Crippen MR) is 88.5 cm³/mol. The second-order valence-corrected chi connectivity index (χ2v) is 5.61. The van der Waals surface area contributed by atoms with Gasteiger partial charge in [-0.05, 0) is 43.5 Å². The second kappa shape index (κ2) is 7.09. The lowest BCUT2D eigenvalue weighted by Crippen LogP contribution is -2.34. The lowest BCUT2D eigenvalue weighted by Gasteiger charge is -2.19. The lowest BCUT2D eigenvalue weighted by molar-refractivity contribution is 0.0916. The molecule has 0 bridgehead atoms. The van der Waals surface area contributed by atoms with Crippen LogP contribution in [0.25, 0.3) is 0 Å². The summed E-state index contributed by atoms with van der Waals surface area (Å²) in [5, 5.41) is 13.1. The Morgan fingerprint density at radius 2 is 1.91 bits per heavy atom. The minimum atomic E-state index is -0.599. The average Bonchev–Trinajstić information content (AvgIpc) is 2.50. The Kier molecular flexibility index (Phi) is 5.17. The number of nitrogens with one attached hydrogen (secondary N) is 1. The van der Waals surface area contributed by atoms with E-state index in [1.807, 2.05) is 50.2 Å². The van der Waals surface area contributed by atoms with Crippen molar-refractivity contribution in [2.45, 2.75) is 32.4 Å². The van der Waals surface area contributed by atoms with E-state index in [9.17, 15) is 9.90 Å². The number of nitrogen functional groups attached to an aromatic ring is 1. The molecule has 0 spiro atoms. The minimum absolute atomic E-state index is 0.150. The van der Waals surface area contributed by atoms with Crippen molar-refractivity contribution in [1.29, 1.82) is 0 Å². The van der Waals surface area contributed by atoms with Crippen LogP contribution in [-0.2, 0) is 0 Å². The summed E-state index contributed by atoms with van der Waals surface area (Å²) in [7, 11) is 0. The van der Waals surface area contributed by atoms with Crippen LogP contribution in [0.2, 0.25) is 0 Å². The number of carbonyl (C=O) groups is 1. The Morgan fingerprint density at radius 1 is 1.23 bits per heavy atom. The fraction of sp³-hybridized carbons (Fsp3) is 0.278. The van der Waals surface area contributed by atoms with Crippen LogP contribution in [0.5, 0.6) is 0 Å². The highest BCUT2D eigenvalue weighted by atomic mass is 16.3. The smallest absolute Gasteiger partial charge is 0.251 e. The van der Waals surface area contributed by atoms with Gasteiger partial charge in [0.1, 0.15) is 0 Å². The average molecular weight is 298 g/mol. The maximum absolute atomic E-state index is 12.3. The molecule has 0 aliphatic carbocycles. The zero-order valence-corrected chi connectivity index (χ0v) is 12.9. The van der Waals surface area contributed by atoms with Crippen LogP contribution in [0.4, 0.5) is 5.69 Å². The summed E-state index contributed by atoms with van der Waals surface area (Å²) in [6.07, 6.45) is -0.143. The van der Waals surface area contributed by atoms with Crippen molar-refractivity contribution in [3.63, 3.8) is 0 Å². The van der Waals surface area contributed by atoms with Crippen molar-refractivity contribution in [1.82, 2.24) is 5.32 Å². The van der Waals surface area contributed by atoms with E-state index >= 15 is 0 Å². The van der Waals surface area contributed by atoms with Gasteiger partial charge in [0.15, 0.2) is 0 Å². The van der Waals surface area contributed by atoms with Crippen LogP contribution in [-0.4, -0.2) is 17.1 Å². The Morgan fingerprint density at radius 3 is 2.59 bits per heavy atom. The van der Waals surface area contributed by atoms with Gasteiger partial charge in [-0.25, -0.2) is 0 Å². The van der Waals surface area contributed by atoms with Crippen LogP contribution in [0.1, 0.15) is 40.9 Å². The van der Waals surface area contributed by atoms with Gasteiger partial charge >= 0.3 is 0 Å². The third kappa shape index (κ3) is 4.09. The van der Waals surface area contributed by atoms with E-state index in [-0.39, 0.29) is 11.9 Å². The number of benzene rings is 2. The van der Waals surface area contributed by atoms with Crippen molar-refractivity contribution >= 4 is 11.6 Å². The van der Waals surface area contributed by atoms with E-state index in [0.29, 0.717) is 17.7 Å². The number of aryl methyl sites for hydroxylation is 1. The molecule has 4 nitrogen and oxygen atoms in total. The van der Waals surface area contributed by atoms with Crippen LogP contribution in [0.3, 0.4) is 0 Å². The van der Waals surface area contributed by atoms with Crippen molar-refractivity contribution < 1.29 is 9.90 Å². The molecule has 0 aromatic heterocycles. The molecular formula is C18H22N2O2. The predicted octanol–water partition coefficient (Wildman–Crippen LogP) is 2.82. The summed E-state index contributed by atoms with van der Waals surface area (Å²) in [4.78, 5) is 12.3. The van der Waals surface area contributed by atoms with Gasteiger partial charge < -0.3 is 16.2 Å². The van der Waals surface area contributed by atoms with E-state index in [1.165, 1.54) is 0 Å². The standard InChI is InChI=1S/C18H22N2O2/c1-12-8-9-15(19)11-16(12)18(22)20-13(2)10-17(21)14-6-4-3-5-7-14/h3-9,11,13,17,21H,10,19H2,1-2H3,(H,20,22). The van der Waals surface area contributed by atoms with E-state index < -0.39 is 6.10 Å². The number of hydrogen-bond donors (Lipinski definition) is 3. The molecule has 0 heterocycles. The third-order valence-electron chi connectivity index (χ3n) is 3.64. The molecule has 2 rings (SSSR count). The van der Waals surface area contributed by atoms with Crippen molar-refractivity contribution in [3.8, 4) is 0 Å². The highest BCUT2D eigenvalue weighted by Gasteiger charge is 2.16. The Bertz CT molecular complexity index is 641. The Labute approximate surface area is 131 Å². The molecule has 0 aliphatic heterocycles. The Balaban J connectivity index is 1.98. The largest absolute Gasteiger partial charge is 0.399 e. The first-order valence-electron chi connectivity index (χ1n) is 7.37. The molecule has 4 N–H and O–H groups in total. The number of anilines is 1. The molecule has 0 saturated carbocycles. The summed E-state index contributed by atoms with van der Waals surface area (Å²) >= 11 is 0. The number of aliphatic hydroxyl groups is 1. The number of hydrogen-bond acceptors (Lipinski definition) is 3. The molecule has 2 aromatic rings. The third-order valence-corrected chi connectivity index (χ3v) is 3.64. The summed E-state index contributed by atoms with van der Waals surface area (Å²) < 4.78 is 0. The summed E-state index contributed by atoms with van der Waals surface area (Å²) in [5.74, 6) is -0.169. The van der Waals surface area contributed by atoms with Gasteiger partial charge in [-0.15, -0.1) is 0 Å². The highest BCUT2D eigenvalue weighted by Crippen LogP contribution is 2.18. The normalized spacial score (nSPS) is 13.4. The molecule has 116 valence electrons. The van der Waals surface area contributed by atoms with Gasteiger partial charge in [0.2, 0.25) is 0 Å². The number of carbonyl (C=O) groups excluding carboxylic acids is 1. The number of amides is 1. The molecule has 2 atom stereocenters. The van der Waals surface area contributed by atoms with E-state index in [4.69, 9.17) is 5.73 Å².